The Labute approximate surface area is 558 Å². The van der Waals surface area contributed by atoms with Gasteiger partial charge in [-0.05, 0) is 118 Å². The van der Waals surface area contributed by atoms with Crippen LogP contribution in [0.4, 0.5) is 16.2 Å². The predicted octanol–water partition coefficient (Wildman–Crippen LogP) is 15.9. The number of Topliss-reactive ketones (excluding diaryl/α,β-unsaturated/α-hetero) is 1. The van der Waals surface area contributed by atoms with E-state index in [4.69, 9.17) is 30.5 Å². The number of imide groups is 1. The van der Waals surface area contributed by atoms with Gasteiger partial charge in [-0.15, -0.1) is 10.2 Å². The quantitative estimate of drug-likeness (QED) is 0.0109. The van der Waals surface area contributed by atoms with Gasteiger partial charge in [-0.25, -0.2) is 19.5 Å². The summed E-state index contributed by atoms with van der Waals surface area (Å²) < 4.78 is 21.9. The largest absolute Gasteiger partial charge is 0.497 e. The van der Waals surface area contributed by atoms with Crippen molar-refractivity contribution < 1.29 is 47.7 Å². The summed E-state index contributed by atoms with van der Waals surface area (Å²) in [6, 6.07) is 31.4. The van der Waals surface area contributed by atoms with Crippen molar-refractivity contribution in [2.24, 2.45) is 15.4 Å². The Morgan fingerprint density at radius 3 is 1.86 bits per heavy atom. The highest BCUT2D eigenvalue weighted by atomic mass is 35.5. The van der Waals surface area contributed by atoms with E-state index in [9.17, 15) is 33.6 Å². The Balaban J connectivity index is 0.000000238. The Hall–Kier alpha value is -8.62. The number of ether oxygens (including phenoxy) is 4. The molecule has 0 bridgehead atoms. The van der Waals surface area contributed by atoms with Crippen LogP contribution in [-0.2, 0) is 35.2 Å². The lowest BCUT2D eigenvalue weighted by atomic mass is 10.0. The lowest BCUT2D eigenvalue weighted by Gasteiger charge is -2.25. The fraction of sp³-hybridized carbons (Fsp3) is 0.466. The predicted molar refractivity (Wildman–Crippen MR) is 369 cm³/mol. The first-order valence-corrected chi connectivity index (χ1v) is 33.6. The number of esters is 1. The molecule has 1 saturated heterocycles. The number of benzene rings is 5. The number of nitrogens with one attached hydrogen (secondary N) is 3. The number of fused-ring (bicyclic) bond motifs is 1. The molecule has 1 fully saturated rings. The van der Waals surface area contributed by atoms with E-state index in [1.807, 2.05) is 43.3 Å². The molecule has 5 amide bonds. The molecule has 1 aromatic heterocycles. The zero-order chi connectivity index (χ0) is 67.6. The number of halogens is 1. The van der Waals surface area contributed by atoms with Crippen LogP contribution in [-0.4, -0.2) is 106 Å². The van der Waals surface area contributed by atoms with E-state index in [-0.39, 0.29) is 46.9 Å². The first kappa shape index (κ1) is 74.4. The second kappa shape index (κ2) is 40.5. The zero-order valence-electron chi connectivity index (χ0n) is 55.7. The van der Waals surface area contributed by atoms with Gasteiger partial charge in [-0.3, -0.25) is 28.9 Å². The molecule has 5 aromatic carbocycles. The number of hydrogen-bond acceptors (Lipinski definition) is 15. The molecular formula is C73H94ClN9O11. The van der Waals surface area contributed by atoms with E-state index >= 15 is 0 Å². The number of anilines is 2. The van der Waals surface area contributed by atoms with Crippen LogP contribution < -0.4 is 25.7 Å². The maximum atomic E-state index is 13.8. The van der Waals surface area contributed by atoms with Gasteiger partial charge in [0.2, 0.25) is 18.2 Å². The van der Waals surface area contributed by atoms with Gasteiger partial charge < -0.3 is 34.6 Å². The number of aromatic amines is 1. The third kappa shape index (κ3) is 23.1. The minimum Gasteiger partial charge on any atom is -0.497 e. The number of urea groups is 1. The molecule has 6 aromatic rings. The molecule has 94 heavy (non-hydrogen) atoms. The Morgan fingerprint density at radius 1 is 0.660 bits per heavy atom. The number of carbonyl (C=O) groups is 6. The van der Waals surface area contributed by atoms with E-state index in [1.54, 1.807) is 93.6 Å². The average molecular weight is 1310 g/mol. The molecule has 0 saturated carbocycles. The summed E-state index contributed by atoms with van der Waals surface area (Å²) in [5.74, 6) is -2.15. The lowest BCUT2D eigenvalue weighted by Crippen LogP contribution is -2.52. The minimum absolute atomic E-state index is 0.0430. The standard InChI is InChI=1S/C31H43N3O3.C29H28ClN3O6.C13H23N3O2/c1-3-4-5-6-7-8-9-10-11-12-13-18-23-37-28-22-17-16-21-27(28)33-30(35)24(2)29-32-26-20-15-14-19-25(26)31(36)34-29;1-4-39-28-27(36)33(29(37)32(28)17-19-8-6-5-7-9-19)24(25(34)20-11-13-21(38-3)14-12-20)26(35)31-23-16-18(2)10-15-22(23)30;1-3-4-5-6-7-8-9-10-18-13(17)12-11(2)14-16-15-12/h14-17,19-22,24H,3-13,18,23H2,1-2H3,(H,33,35)(H,32,34,36);5-16,24,28H,4,17H2,1-3H3,(H,31,35);12H,3-10H2,1-2H3. The molecule has 3 heterocycles. The third-order valence-electron chi connectivity index (χ3n) is 16.0. The molecule has 0 spiro atoms. The molecule has 504 valence electrons. The van der Waals surface area contributed by atoms with E-state index in [0.29, 0.717) is 57.7 Å². The molecule has 0 aliphatic carbocycles. The minimum atomic E-state index is -1.82. The lowest BCUT2D eigenvalue weighted by molar-refractivity contribution is -0.144. The van der Waals surface area contributed by atoms with Gasteiger partial charge in [-0.1, -0.05) is 195 Å². The third-order valence-corrected chi connectivity index (χ3v) is 16.4. The van der Waals surface area contributed by atoms with Crippen LogP contribution in [0.15, 0.2) is 142 Å². The summed E-state index contributed by atoms with van der Waals surface area (Å²) in [4.78, 5) is 101. The van der Waals surface area contributed by atoms with Crippen LogP contribution in [0.5, 0.6) is 11.5 Å². The monoisotopic (exact) mass is 1310 g/mol. The number of para-hydroxylation sites is 3. The van der Waals surface area contributed by atoms with Gasteiger partial charge in [0.1, 0.15) is 17.3 Å². The number of aromatic nitrogens is 2. The smallest absolute Gasteiger partial charge is 0.338 e. The number of ketones is 1. The normalized spacial score (nSPS) is 14.7. The Bertz CT molecular complexity index is 3510. The summed E-state index contributed by atoms with van der Waals surface area (Å²) in [6.45, 7) is 12.7. The van der Waals surface area contributed by atoms with Crippen LogP contribution in [0.1, 0.15) is 190 Å². The number of rotatable bonds is 36. The molecule has 4 unspecified atom stereocenters. The van der Waals surface area contributed by atoms with Gasteiger partial charge in [0.15, 0.2) is 11.8 Å². The molecule has 2 aliphatic heterocycles. The molecule has 8 rings (SSSR count). The Morgan fingerprint density at radius 2 is 1.24 bits per heavy atom. The number of hydrogen-bond donors (Lipinski definition) is 3. The van der Waals surface area contributed by atoms with Crippen LogP contribution in [0.3, 0.4) is 0 Å². The van der Waals surface area contributed by atoms with Crippen molar-refractivity contribution in [1.29, 1.82) is 0 Å². The van der Waals surface area contributed by atoms with Gasteiger partial charge in [0, 0.05) is 12.2 Å². The second-order valence-corrected chi connectivity index (χ2v) is 23.8. The maximum Gasteiger partial charge on any atom is 0.338 e. The molecule has 2 aliphatic rings. The van der Waals surface area contributed by atoms with Crippen LogP contribution >= 0.6 is 11.6 Å². The molecule has 0 radical (unpaired) electrons. The molecule has 21 heteroatoms. The number of nitrogens with zero attached hydrogens (tertiary/aromatic N) is 6. The van der Waals surface area contributed by atoms with Crippen LogP contribution in [0.2, 0.25) is 5.02 Å². The van der Waals surface area contributed by atoms with Crippen LogP contribution in [0.25, 0.3) is 10.9 Å². The summed E-state index contributed by atoms with van der Waals surface area (Å²) in [5.41, 5.74) is 3.49. The van der Waals surface area contributed by atoms with Crippen molar-refractivity contribution in [3.63, 3.8) is 0 Å². The molecule has 4 atom stereocenters. The zero-order valence-corrected chi connectivity index (χ0v) is 56.4. The summed E-state index contributed by atoms with van der Waals surface area (Å²) in [6.07, 6.45) is 22.8. The van der Waals surface area contributed by atoms with Crippen molar-refractivity contribution >= 4 is 75.1 Å². The fourth-order valence-electron chi connectivity index (χ4n) is 10.6. The fourth-order valence-corrected chi connectivity index (χ4v) is 10.8. The summed E-state index contributed by atoms with van der Waals surface area (Å²) >= 11 is 6.28. The second-order valence-electron chi connectivity index (χ2n) is 23.4. The van der Waals surface area contributed by atoms with Gasteiger partial charge in [0.25, 0.3) is 17.4 Å². The van der Waals surface area contributed by atoms with Crippen LogP contribution in [0, 0.1) is 6.92 Å². The number of amides is 5. The summed E-state index contributed by atoms with van der Waals surface area (Å²) in [5, 5.41) is 17.2. The van der Waals surface area contributed by atoms with Gasteiger partial charge in [0.05, 0.1) is 65.8 Å². The van der Waals surface area contributed by atoms with Gasteiger partial charge in [-0.2, -0.15) is 0 Å². The van der Waals surface area contributed by atoms with Crippen molar-refractivity contribution in [1.82, 2.24) is 19.8 Å². The highest BCUT2D eigenvalue weighted by Gasteiger charge is 2.53. The first-order valence-electron chi connectivity index (χ1n) is 33.3. The maximum absolute atomic E-state index is 13.8. The average Bonchev–Trinajstić information content (AvgIpc) is 1.59. The van der Waals surface area contributed by atoms with E-state index < -0.39 is 47.9 Å². The van der Waals surface area contributed by atoms with Crippen molar-refractivity contribution in [3.05, 3.63) is 159 Å². The topological polar surface area (TPSA) is 253 Å². The highest BCUT2D eigenvalue weighted by Crippen LogP contribution is 2.30. The van der Waals surface area contributed by atoms with E-state index in [0.717, 1.165) is 36.8 Å². The first-order chi connectivity index (χ1) is 45.6. The SMILES string of the molecule is CCCCCCCCCCCCCCOc1ccccc1NC(=O)C(C)c1nc2ccccc2c(=O)[nH]1.CCCCCCCCCOC(=O)C1N=NN=C1C.CCOC1C(=O)N(C(C(=O)Nc2cc(C)ccc2Cl)C(=O)c2ccc(OC)cc2)C(=O)N1Cc1ccccc1. The molecular weight excluding hydrogens is 1210 g/mol. The van der Waals surface area contributed by atoms with E-state index in [1.165, 1.54) is 120 Å². The number of aryl methyl sites for hydroxylation is 1. The molecule has 3 N–H and O–H groups in total. The van der Waals surface area contributed by atoms with Crippen molar-refractivity contribution in [2.45, 2.75) is 194 Å². The Kier molecular flexibility index (Phi) is 32.0. The van der Waals surface area contributed by atoms with E-state index in [2.05, 4.69) is 49.9 Å². The van der Waals surface area contributed by atoms with Crippen molar-refractivity contribution in [3.8, 4) is 11.5 Å². The number of carbonyl (C=O) groups excluding carboxylic acids is 6. The van der Waals surface area contributed by atoms with Gasteiger partial charge >= 0.3 is 12.0 Å². The number of unbranched alkanes of at least 4 members (excludes halogenated alkanes) is 17. The molecule has 20 nitrogen and oxygen atoms in total. The number of methoxy groups -OCH3 is 1. The summed E-state index contributed by atoms with van der Waals surface area (Å²) in [7, 11) is 1.48. The number of H-pyrrole nitrogens is 1. The van der Waals surface area contributed by atoms with Crippen molar-refractivity contribution in [2.75, 3.05) is 37.6 Å². The highest BCUT2D eigenvalue weighted by molar-refractivity contribution is 6.34.